The molecule has 0 aromatic heterocycles. The van der Waals surface area contributed by atoms with Crippen LogP contribution in [0.15, 0.2) is 12.3 Å². The summed E-state index contributed by atoms with van der Waals surface area (Å²) >= 11 is 0. The number of ether oxygens (including phenoxy) is 2. The van der Waals surface area contributed by atoms with Crippen molar-refractivity contribution in [1.29, 1.82) is 0 Å². The molecule has 1 saturated heterocycles. The summed E-state index contributed by atoms with van der Waals surface area (Å²) in [4.78, 5) is 0. The van der Waals surface area contributed by atoms with Gasteiger partial charge in [-0.05, 0) is 6.92 Å². The molecule has 1 heterocycles. The second-order valence-corrected chi connectivity index (χ2v) is 3.67. The lowest BCUT2D eigenvalue weighted by molar-refractivity contribution is -0.236. The van der Waals surface area contributed by atoms with Gasteiger partial charge in [-0.25, -0.2) is 0 Å². The smallest absolute Gasteiger partial charge is 0.120 e. The quantitative estimate of drug-likeness (QED) is 0.436. The van der Waals surface area contributed by atoms with Gasteiger partial charge in [0, 0.05) is 0 Å². The van der Waals surface area contributed by atoms with Crippen molar-refractivity contribution in [2.24, 2.45) is 0 Å². The van der Waals surface area contributed by atoms with E-state index < -0.39 is 37.1 Å². The van der Waals surface area contributed by atoms with Crippen molar-refractivity contribution in [3.8, 4) is 0 Å². The van der Waals surface area contributed by atoms with E-state index in [9.17, 15) is 15.3 Å². The Kier molecular flexibility index (Phi) is 5.17. The van der Waals surface area contributed by atoms with Crippen molar-refractivity contribution in [2.45, 2.75) is 37.4 Å². The first-order valence-corrected chi connectivity index (χ1v) is 5.15. The van der Waals surface area contributed by atoms with Gasteiger partial charge < -0.3 is 29.9 Å². The van der Waals surface area contributed by atoms with E-state index in [2.05, 4.69) is 0 Å². The fourth-order valence-electron chi connectivity index (χ4n) is 1.56. The first-order valence-electron chi connectivity index (χ1n) is 5.15. The lowest BCUT2D eigenvalue weighted by atomic mass is 9.95. The zero-order valence-electron chi connectivity index (χ0n) is 9.06. The van der Waals surface area contributed by atoms with Crippen LogP contribution in [0.1, 0.15) is 6.92 Å². The number of hydrogen-bond acceptors (Lipinski definition) is 6. The van der Waals surface area contributed by atoms with Gasteiger partial charge in [0.1, 0.15) is 37.1 Å². The van der Waals surface area contributed by atoms with Crippen LogP contribution in [0.2, 0.25) is 0 Å². The molecule has 5 atom stereocenters. The highest BCUT2D eigenvalue weighted by atomic mass is 16.6. The zero-order chi connectivity index (χ0) is 12.1. The zero-order valence-corrected chi connectivity index (χ0v) is 9.06. The van der Waals surface area contributed by atoms with Crippen LogP contribution in [0.5, 0.6) is 0 Å². The molecule has 16 heavy (non-hydrogen) atoms. The first-order chi connectivity index (χ1) is 7.61. The summed E-state index contributed by atoms with van der Waals surface area (Å²) in [6, 6.07) is 0. The van der Waals surface area contributed by atoms with Gasteiger partial charge >= 0.3 is 0 Å². The highest BCUT2D eigenvalue weighted by Crippen LogP contribution is 2.21. The highest BCUT2D eigenvalue weighted by Gasteiger charge is 2.43. The lowest BCUT2D eigenvalue weighted by Gasteiger charge is -2.39. The molecule has 0 aromatic rings. The summed E-state index contributed by atoms with van der Waals surface area (Å²) in [7, 11) is 0. The van der Waals surface area contributed by atoms with Crippen molar-refractivity contribution in [1.82, 2.24) is 0 Å². The number of aliphatic hydroxyl groups excluding tert-OH is 4. The predicted octanol–water partition coefficient (Wildman–Crippen LogP) is -1.62. The highest BCUT2D eigenvalue weighted by molar-refractivity contribution is 4.92. The summed E-state index contributed by atoms with van der Waals surface area (Å²) in [5.41, 5.74) is 0. The molecule has 1 rings (SSSR count). The first kappa shape index (κ1) is 13.4. The maximum absolute atomic E-state index is 9.60. The molecular formula is C10H18O6. The predicted molar refractivity (Wildman–Crippen MR) is 54.5 cm³/mol. The van der Waals surface area contributed by atoms with Gasteiger partial charge in [0.2, 0.25) is 0 Å². The number of rotatable bonds is 4. The molecule has 0 aromatic carbocycles. The van der Waals surface area contributed by atoms with Crippen LogP contribution in [-0.4, -0.2) is 64.2 Å². The van der Waals surface area contributed by atoms with Crippen LogP contribution in [0.3, 0.4) is 0 Å². The van der Waals surface area contributed by atoms with Crippen LogP contribution < -0.4 is 0 Å². The van der Waals surface area contributed by atoms with Crippen LogP contribution in [0, 0.1) is 0 Å². The minimum Gasteiger partial charge on any atom is -0.499 e. The SMILES string of the molecule is C/C=C/OCC1O[C@H](CO)C(O)C(O)C1O. The molecule has 0 saturated carbocycles. The van der Waals surface area contributed by atoms with E-state index >= 15 is 0 Å². The van der Waals surface area contributed by atoms with Gasteiger partial charge in [-0.15, -0.1) is 0 Å². The molecule has 4 N–H and O–H groups in total. The second-order valence-electron chi connectivity index (χ2n) is 3.67. The number of hydrogen-bond donors (Lipinski definition) is 4. The van der Waals surface area contributed by atoms with Crippen molar-refractivity contribution >= 4 is 0 Å². The third-order valence-corrected chi connectivity index (χ3v) is 2.48. The Bertz CT molecular complexity index is 229. The monoisotopic (exact) mass is 234 g/mol. The van der Waals surface area contributed by atoms with E-state index in [-0.39, 0.29) is 6.61 Å². The topological polar surface area (TPSA) is 99.4 Å². The van der Waals surface area contributed by atoms with Gasteiger partial charge in [-0.1, -0.05) is 6.08 Å². The van der Waals surface area contributed by atoms with E-state index in [0.29, 0.717) is 0 Å². The lowest BCUT2D eigenvalue weighted by Crippen LogP contribution is -2.59. The molecule has 1 fully saturated rings. The minimum atomic E-state index is -1.34. The van der Waals surface area contributed by atoms with Crippen molar-refractivity contribution < 1.29 is 29.9 Å². The Morgan fingerprint density at radius 1 is 1.12 bits per heavy atom. The van der Waals surface area contributed by atoms with Gasteiger partial charge in [-0.3, -0.25) is 0 Å². The van der Waals surface area contributed by atoms with E-state index in [1.165, 1.54) is 6.26 Å². The Morgan fingerprint density at radius 2 is 1.75 bits per heavy atom. The molecule has 0 bridgehead atoms. The van der Waals surface area contributed by atoms with Crippen LogP contribution >= 0.6 is 0 Å². The number of aliphatic hydroxyl groups is 4. The second kappa shape index (κ2) is 6.17. The van der Waals surface area contributed by atoms with Crippen molar-refractivity contribution in [3.05, 3.63) is 12.3 Å². The third-order valence-electron chi connectivity index (χ3n) is 2.48. The molecule has 0 amide bonds. The summed E-state index contributed by atoms with van der Waals surface area (Å²) < 4.78 is 10.2. The normalized spacial score (nSPS) is 40.2. The van der Waals surface area contributed by atoms with E-state index in [0.717, 1.165) is 0 Å². The molecule has 0 radical (unpaired) electrons. The van der Waals surface area contributed by atoms with Crippen molar-refractivity contribution in [3.63, 3.8) is 0 Å². The number of allylic oxidation sites excluding steroid dienone is 1. The Labute approximate surface area is 93.7 Å². The summed E-state index contributed by atoms with van der Waals surface area (Å²) in [5.74, 6) is 0. The Balaban J connectivity index is 2.56. The standard InChI is InChI=1S/C10H18O6/c1-2-3-15-5-7-9(13)10(14)8(12)6(4-11)16-7/h2-3,6-14H,4-5H2,1H3/b3-2+/t6-,7?,8?,9?,10?/m1/s1. The Morgan fingerprint density at radius 3 is 2.31 bits per heavy atom. The summed E-state index contributed by atoms with van der Waals surface area (Å²) in [5, 5.41) is 37.5. The molecule has 1 aliphatic heterocycles. The minimum absolute atomic E-state index is 0.0474. The summed E-state index contributed by atoms with van der Waals surface area (Å²) in [6.45, 7) is 1.39. The Hall–Kier alpha value is -0.660. The largest absolute Gasteiger partial charge is 0.499 e. The van der Waals surface area contributed by atoms with Gasteiger partial charge in [0.15, 0.2) is 0 Å². The van der Waals surface area contributed by atoms with Crippen LogP contribution in [0.4, 0.5) is 0 Å². The van der Waals surface area contributed by atoms with Crippen LogP contribution in [-0.2, 0) is 9.47 Å². The maximum Gasteiger partial charge on any atom is 0.120 e. The fraction of sp³-hybridized carbons (Fsp3) is 0.800. The third kappa shape index (κ3) is 2.93. The van der Waals surface area contributed by atoms with Gasteiger partial charge in [0.05, 0.1) is 12.9 Å². The van der Waals surface area contributed by atoms with Gasteiger partial charge in [0.25, 0.3) is 0 Å². The maximum atomic E-state index is 9.60. The van der Waals surface area contributed by atoms with E-state index in [4.69, 9.17) is 14.6 Å². The molecule has 94 valence electrons. The average Bonchev–Trinajstić information content (AvgIpc) is 2.29. The van der Waals surface area contributed by atoms with E-state index in [1.807, 2.05) is 0 Å². The molecule has 0 spiro atoms. The van der Waals surface area contributed by atoms with Crippen LogP contribution in [0.25, 0.3) is 0 Å². The van der Waals surface area contributed by atoms with Crippen molar-refractivity contribution in [2.75, 3.05) is 13.2 Å². The molecule has 6 nitrogen and oxygen atoms in total. The summed E-state index contributed by atoms with van der Waals surface area (Å²) in [6.07, 6.45) is -2.44. The average molecular weight is 234 g/mol. The molecule has 0 aliphatic carbocycles. The molecule has 4 unspecified atom stereocenters. The molecule has 1 aliphatic rings. The molecule has 6 heteroatoms. The fourth-order valence-corrected chi connectivity index (χ4v) is 1.56. The van der Waals surface area contributed by atoms with Gasteiger partial charge in [-0.2, -0.15) is 0 Å². The van der Waals surface area contributed by atoms with E-state index in [1.54, 1.807) is 13.0 Å². The molecular weight excluding hydrogens is 216 g/mol.